The van der Waals surface area contributed by atoms with Crippen molar-refractivity contribution in [3.05, 3.63) is 29.3 Å². The predicted octanol–water partition coefficient (Wildman–Crippen LogP) is 0.0950. The monoisotopic (exact) mass is 398 g/mol. The lowest BCUT2D eigenvalue weighted by Gasteiger charge is -2.33. The highest BCUT2D eigenvalue weighted by atomic mass is 16.5. The van der Waals surface area contributed by atoms with Crippen LogP contribution in [0.4, 0.5) is 5.69 Å². The number of likely N-dealkylation sites (tertiary alicyclic amines) is 1. The van der Waals surface area contributed by atoms with Gasteiger partial charge in [0.2, 0.25) is 17.4 Å². The average Bonchev–Trinajstić information content (AvgIpc) is 3.42. The summed E-state index contributed by atoms with van der Waals surface area (Å²) in [4.78, 5) is 43.0. The molecule has 1 aromatic rings. The van der Waals surface area contributed by atoms with Gasteiger partial charge in [-0.3, -0.25) is 19.3 Å². The smallest absolute Gasteiger partial charge is 0.291 e. The number of nitrogens with one attached hydrogen (secondary N) is 2. The molecule has 5 atom stereocenters. The summed E-state index contributed by atoms with van der Waals surface area (Å²) in [6.45, 7) is 3.75. The van der Waals surface area contributed by atoms with Crippen molar-refractivity contribution in [2.75, 3.05) is 32.1 Å². The van der Waals surface area contributed by atoms with Crippen molar-refractivity contribution in [2.45, 2.75) is 44.2 Å². The molecule has 4 heterocycles. The van der Waals surface area contributed by atoms with Gasteiger partial charge in [0.15, 0.2) is 0 Å². The summed E-state index contributed by atoms with van der Waals surface area (Å²) in [6.07, 6.45) is 3.29. The summed E-state index contributed by atoms with van der Waals surface area (Å²) >= 11 is 0. The molecule has 1 aromatic carbocycles. The minimum absolute atomic E-state index is 0.0332. The number of methoxy groups -OCH3 is 1. The summed E-state index contributed by atoms with van der Waals surface area (Å²) < 4.78 is 5.10. The molecule has 7 nitrogen and oxygen atoms in total. The number of fused-ring (bicyclic) bond motifs is 7. The Labute approximate surface area is 170 Å². The highest BCUT2D eigenvalue weighted by Crippen LogP contribution is 2.52. The quantitative estimate of drug-likeness (QED) is 0.545. The molecular formula is C22H28N3O4+. The Morgan fingerprint density at radius 1 is 1.28 bits per heavy atom. The number of benzene rings is 1. The maximum atomic E-state index is 13.6. The second-order valence-electron chi connectivity index (χ2n) is 8.66. The topological polar surface area (TPSA) is 80.2 Å². The zero-order valence-corrected chi connectivity index (χ0v) is 17.0. The Kier molecular flexibility index (Phi) is 4.29. The first kappa shape index (κ1) is 18.8. The molecule has 4 aliphatic heterocycles. The fourth-order valence-corrected chi connectivity index (χ4v) is 6.49. The van der Waals surface area contributed by atoms with E-state index in [1.807, 2.05) is 18.2 Å². The molecule has 2 N–H and O–H groups in total. The molecule has 3 saturated heterocycles. The van der Waals surface area contributed by atoms with Crippen molar-refractivity contribution < 1.29 is 24.0 Å². The summed E-state index contributed by atoms with van der Waals surface area (Å²) in [6, 6.07) is 6.03. The maximum Gasteiger partial charge on any atom is 0.291 e. The molecule has 0 aromatic heterocycles. The number of anilines is 1. The second kappa shape index (κ2) is 6.64. The Bertz CT molecular complexity index is 900. The molecule has 1 unspecified atom stereocenters. The first-order valence-corrected chi connectivity index (χ1v) is 10.7. The number of hydrogen-bond acceptors (Lipinski definition) is 4. The van der Waals surface area contributed by atoms with Crippen LogP contribution in [-0.4, -0.2) is 55.5 Å². The maximum absolute atomic E-state index is 13.6. The van der Waals surface area contributed by atoms with Gasteiger partial charge in [0.25, 0.3) is 5.91 Å². The summed E-state index contributed by atoms with van der Waals surface area (Å²) in [5.41, 5.74) is 1.88. The van der Waals surface area contributed by atoms with Crippen molar-refractivity contribution in [2.24, 2.45) is 11.8 Å². The first-order valence-electron chi connectivity index (χ1n) is 10.7. The van der Waals surface area contributed by atoms with Gasteiger partial charge in [-0.2, -0.15) is 0 Å². The van der Waals surface area contributed by atoms with Gasteiger partial charge in [-0.05, 0) is 18.4 Å². The van der Waals surface area contributed by atoms with Gasteiger partial charge in [-0.1, -0.05) is 25.1 Å². The lowest BCUT2D eigenvalue weighted by Crippen LogP contribution is -3.19. The van der Waals surface area contributed by atoms with Crippen LogP contribution in [0.1, 0.15) is 37.3 Å². The molecule has 29 heavy (non-hydrogen) atoms. The molecule has 0 aliphatic carbocycles. The van der Waals surface area contributed by atoms with Crippen LogP contribution in [0.15, 0.2) is 18.2 Å². The van der Waals surface area contributed by atoms with E-state index in [-0.39, 0.29) is 23.8 Å². The molecule has 3 amide bonds. The molecule has 0 saturated carbocycles. The molecule has 154 valence electrons. The van der Waals surface area contributed by atoms with E-state index in [2.05, 4.69) is 12.2 Å². The molecule has 0 radical (unpaired) electrons. The van der Waals surface area contributed by atoms with Crippen molar-refractivity contribution in [1.82, 2.24) is 4.90 Å². The van der Waals surface area contributed by atoms with Crippen LogP contribution in [0.25, 0.3) is 0 Å². The van der Waals surface area contributed by atoms with Gasteiger partial charge >= 0.3 is 0 Å². The minimum atomic E-state index is -0.977. The third-order valence-corrected chi connectivity index (χ3v) is 7.54. The largest absolute Gasteiger partial charge is 0.385 e. The van der Waals surface area contributed by atoms with Crippen molar-refractivity contribution in [3.63, 3.8) is 0 Å². The van der Waals surface area contributed by atoms with Gasteiger partial charge < -0.3 is 15.0 Å². The van der Waals surface area contributed by atoms with E-state index >= 15 is 0 Å². The second-order valence-corrected chi connectivity index (χ2v) is 8.66. The Hall–Kier alpha value is -2.25. The molecule has 4 aliphatic rings. The average molecular weight is 398 g/mol. The SMILES string of the molecule is CCc1cccc2c1NC(=O)[C@]21[C@@H]2C(=O)N(CCCOC)C(=O)[C@@H]2[C@@H]2CCC[NH+]21. The number of carbonyl (C=O) groups excluding carboxylic acids is 3. The minimum Gasteiger partial charge on any atom is -0.385 e. The van der Waals surface area contributed by atoms with Crippen LogP contribution in [0.3, 0.4) is 0 Å². The van der Waals surface area contributed by atoms with Gasteiger partial charge in [-0.15, -0.1) is 0 Å². The van der Waals surface area contributed by atoms with Crippen LogP contribution < -0.4 is 10.2 Å². The van der Waals surface area contributed by atoms with Crippen molar-refractivity contribution in [3.8, 4) is 0 Å². The Balaban J connectivity index is 1.64. The number of rotatable bonds is 5. The van der Waals surface area contributed by atoms with Gasteiger partial charge in [0.05, 0.1) is 12.2 Å². The van der Waals surface area contributed by atoms with Crippen LogP contribution in [-0.2, 0) is 31.1 Å². The number of carbonyl (C=O) groups is 3. The lowest BCUT2D eigenvalue weighted by atomic mass is 9.75. The molecule has 7 heteroatoms. The van der Waals surface area contributed by atoms with Crippen molar-refractivity contribution in [1.29, 1.82) is 0 Å². The van der Waals surface area contributed by atoms with Crippen LogP contribution >= 0.6 is 0 Å². The van der Waals surface area contributed by atoms with Gasteiger partial charge in [0, 0.05) is 38.7 Å². The zero-order chi connectivity index (χ0) is 20.3. The van der Waals surface area contributed by atoms with E-state index in [9.17, 15) is 14.4 Å². The van der Waals surface area contributed by atoms with E-state index in [0.29, 0.717) is 19.6 Å². The van der Waals surface area contributed by atoms with Crippen LogP contribution in [0, 0.1) is 11.8 Å². The number of amides is 3. The van der Waals surface area contributed by atoms with Gasteiger partial charge in [-0.25, -0.2) is 0 Å². The van der Waals surface area contributed by atoms with E-state index in [1.165, 1.54) is 4.90 Å². The predicted molar refractivity (Wildman–Crippen MR) is 105 cm³/mol. The number of aryl methyl sites for hydroxylation is 1. The van der Waals surface area contributed by atoms with E-state index in [1.54, 1.807) is 7.11 Å². The number of para-hydroxylation sites is 1. The Morgan fingerprint density at radius 2 is 2.10 bits per heavy atom. The van der Waals surface area contributed by atoms with Crippen LogP contribution in [0.2, 0.25) is 0 Å². The lowest BCUT2D eigenvalue weighted by molar-refractivity contribution is -0.948. The summed E-state index contributed by atoms with van der Waals surface area (Å²) in [5.74, 6) is -1.38. The fraction of sp³-hybridized carbons (Fsp3) is 0.591. The summed E-state index contributed by atoms with van der Waals surface area (Å²) in [5, 5.41) is 3.12. The molecule has 5 rings (SSSR count). The fourth-order valence-electron chi connectivity index (χ4n) is 6.49. The third-order valence-electron chi connectivity index (χ3n) is 7.54. The third kappa shape index (κ3) is 2.23. The van der Waals surface area contributed by atoms with Crippen molar-refractivity contribution >= 4 is 23.4 Å². The first-order chi connectivity index (χ1) is 14.1. The number of imide groups is 1. The number of quaternary nitrogens is 1. The standard InChI is InChI=1S/C22H27N3O4/c1-3-13-7-4-8-14-18(13)23-21(28)22(14)17-16(15-9-5-11-25(15)22)19(26)24(20(17)27)10-6-12-29-2/h4,7-8,15-17H,3,5-6,9-12H2,1-2H3,(H,23,28)/p+1/t15-,16+,17-,22+/m0/s1. The number of ether oxygens (including phenoxy) is 1. The van der Waals surface area contributed by atoms with Crippen LogP contribution in [0.5, 0.6) is 0 Å². The van der Waals surface area contributed by atoms with E-state index in [0.717, 1.165) is 47.5 Å². The molecule has 0 bridgehead atoms. The molecule has 1 spiro atoms. The normalized spacial score (nSPS) is 34.7. The van der Waals surface area contributed by atoms with E-state index in [4.69, 9.17) is 4.74 Å². The summed E-state index contributed by atoms with van der Waals surface area (Å²) in [7, 11) is 1.61. The highest BCUT2D eigenvalue weighted by molar-refractivity contribution is 6.14. The number of hydrogen-bond donors (Lipinski definition) is 2. The van der Waals surface area contributed by atoms with Gasteiger partial charge in [0.1, 0.15) is 17.9 Å². The molecular weight excluding hydrogens is 370 g/mol. The molecule has 3 fully saturated rings. The van der Waals surface area contributed by atoms with E-state index < -0.39 is 17.4 Å². The highest BCUT2D eigenvalue weighted by Gasteiger charge is 2.78. The zero-order valence-electron chi connectivity index (χ0n) is 17.0. The number of nitrogens with zero attached hydrogens (tertiary/aromatic N) is 1. The Morgan fingerprint density at radius 3 is 2.86 bits per heavy atom.